The maximum absolute atomic E-state index is 5.77. The number of allylic oxidation sites excluding steroid dienone is 4. The van der Waals surface area contributed by atoms with Gasteiger partial charge in [0.2, 0.25) is 0 Å². The third-order valence-corrected chi connectivity index (χ3v) is 21.8. The van der Waals surface area contributed by atoms with Crippen LogP contribution in [0.15, 0.2) is 50.6 Å². The van der Waals surface area contributed by atoms with E-state index in [2.05, 4.69) is 26.3 Å². The van der Waals surface area contributed by atoms with Crippen molar-refractivity contribution in [3.8, 4) is 0 Å². The Morgan fingerprint density at radius 3 is 1.06 bits per heavy atom. The summed E-state index contributed by atoms with van der Waals surface area (Å²) in [6.07, 6.45) is 11.2. The molecule has 6 heteroatoms. The Kier molecular flexibility index (Phi) is 10.3. The summed E-state index contributed by atoms with van der Waals surface area (Å²) in [7, 11) is 3.62. The van der Waals surface area contributed by atoms with E-state index >= 15 is 0 Å². The quantitative estimate of drug-likeness (QED) is 0.257. The second-order valence-electron chi connectivity index (χ2n) is 3.66. The van der Waals surface area contributed by atoms with Crippen molar-refractivity contribution in [1.82, 2.24) is 0 Å². The van der Waals surface area contributed by atoms with Gasteiger partial charge in [0.1, 0.15) is 0 Å². The minimum atomic E-state index is -1.49. The average Bonchev–Trinajstić information content (AvgIpc) is 2.28. The van der Waals surface area contributed by atoms with Crippen LogP contribution in [0.5, 0.6) is 0 Å². The summed E-state index contributed by atoms with van der Waals surface area (Å²) < 4.78 is 0. The van der Waals surface area contributed by atoms with Crippen LogP contribution in [-0.2, 0) is 23.6 Å². The van der Waals surface area contributed by atoms with E-state index in [4.69, 9.17) is 23.6 Å². The first-order valence-electron chi connectivity index (χ1n) is 5.43. The van der Waals surface area contributed by atoms with E-state index in [1.807, 2.05) is 45.1 Å². The molecule has 0 rings (SSSR count). The summed E-state index contributed by atoms with van der Waals surface area (Å²) in [5, 5.41) is -2.99. The van der Waals surface area contributed by atoms with E-state index in [-0.39, 0.29) is 0 Å². The molecule has 102 valence electrons. The molecule has 0 unspecified atom stereocenters. The first-order chi connectivity index (χ1) is 8.45. The highest BCUT2D eigenvalue weighted by Gasteiger charge is 2.21. The lowest BCUT2D eigenvalue weighted by Crippen LogP contribution is -1.87. The molecule has 0 aliphatic heterocycles. The van der Waals surface area contributed by atoms with Crippen LogP contribution in [-0.4, -0.2) is 24.6 Å². The maximum Gasteiger partial charge on any atom is 0.0253 e. The zero-order chi connectivity index (χ0) is 14.1. The minimum absolute atomic E-state index is 0.892. The zero-order valence-electron chi connectivity index (χ0n) is 10.5. The molecule has 0 aliphatic rings. The van der Waals surface area contributed by atoms with E-state index < -0.39 is 10.5 Å². The Labute approximate surface area is 129 Å². The Balaban J connectivity index is 4.74. The van der Waals surface area contributed by atoms with Gasteiger partial charge in [-0.15, -0.1) is 26.3 Å². The molecule has 0 aliphatic carbocycles. The van der Waals surface area contributed by atoms with Gasteiger partial charge in [-0.1, -0.05) is 68.7 Å². The van der Waals surface area contributed by atoms with Crippen LogP contribution < -0.4 is 0 Å². The normalized spacial score (nSPS) is 11.8. The predicted octanol–water partition coefficient (Wildman–Crippen LogP) is 5.90. The van der Waals surface area contributed by atoms with Crippen LogP contribution in [0.25, 0.3) is 0 Å². The van der Waals surface area contributed by atoms with E-state index in [9.17, 15) is 0 Å². The Hall–Kier alpha value is 0.960. The Morgan fingerprint density at radius 1 is 0.667 bits per heavy atom. The van der Waals surface area contributed by atoms with Crippen molar-refractivity contribution in [2.75, 3.05) is 24.6 Å². The van der Waals surface area contributed by atoms with Crippen LogP contribution in [0, 0.1) is 0 Å². The van der Waals surface area contributed by atoms with E-state index in [0.717, 1.165) is 24.6 Å². The molecule has 0 saturated heterocycles. The minimum Gasteiger partial charge on any atom is -0.103 e. The summed E-state index contributed by atoms with van der Waals surface area (Å²) >= 11 is 11.5. The predicted molar refractivity (Wildman–Crippen MR) is 104 cm³/mol. The fourth-order valence-electron chi connectivity index (χ4n) is 1.18. The van der Waals surface area contributed by atoms with Crippen molar-refractivity contribution in [2.45, 2.75) is 0 Å². The number of hydrogen-bond donors (Lipinski definition) is 0. The second kappa shape index (κ2) is 9.80. The summed E-state index contributed by atoms with van der Waals surface area (Å²) in [4.78, 5) is 0. The van der Waals surface area contributed by atoms with Gasteiger partial charge in [-0.25, -0.2) is 0 Å². The van der Waals surface area contributed by atoms with Crippen LogP contribution in [0.2, 0.25) is 0 Å². The van der Waals surface area contributed by atoms with Gasteiger partial charge in [-0.05, 0) is 0 Å². The molecule has 0 aromatic carbocycles. The highest BCUT2D eigenvalue weighted by molar-refractivity contribution is 9.19. The smallest absolute Gasteiger partial charge is 0.0253 e. The third kappa shape index (κ3) is 7.53. The molecule has 0 radical (unpaired) electrons. The van der Waals surface area contributed by atoms with Crippen molar-refractivity contribution in [3.63, 3.8) is 0 Å². The molecule has 0 atom stereocenters. The number of rotatable bonds is 11. The highest BCUT2D eigenvalue weighted by Crippen LogP contribution is 2.75. The standard InChI is InChI=1S/C12H20P2S4/c1-5-9-13(15,10-6-2)17-18-14(16,11-7-3)12-8-4/h5-8H,1-4,9-12H2. The van der Waals surface area contributed by atoms with Gasteiger partial charge in [-0.3, -0.25) is 0 Å². The van der Waals surface area contributed by atoms with E-state index in [1.165, 1.54) is 0 Å². The third-order valence-electron chi connectivity index (χ3n) is 1.93. The molecule has 0 amide bonds. The zero-order valence-corrected chi connectivity index (χ0v) is 15.5. The van der Waals surface area contributed by atoms with Crippen molar-refractivity contribution in [1.29, 1.82) is 0 Å². The van der Waals surface area contributed by atoms with E-state index in [1.54, 1.807) is 0 Å². The first kappa shape index (κ1) is 19.0. The van der Waals surface area contributed by atoms with Crippen LogP contribution >= 0.6 is 31.3 Å². The molecule has 0 saturated carbocycles. The van der Waals surface area contributed by atoms with Gasteiger partial charge < -0.3 is 0 Å². The summed E-state index contributed by atoms with van der Waals surface area (Å²) in [5.74, 6) is 0. The second-order valence-corrected chi connectivity index (χ2v) is 22.0. The van der Waals surface area contributed by atoms with Gasteiger partial charge in [0, 0.05) is 35.1 Å². The lowest BCUT2D eigenvalue weighted by atomic mass is 10.8. The molecule has 0 spiro atoms. The maximum atomic E-state index is 5.77. The largest absolute Gasteiger partial charge is 0.103 e. The van der Waals surface area contributed by atoms with Crippen molar-refractivity contribution >= 4 is 54.9 Å². The SMILES string of the molecule is C=CCP(=S)(CC=C)SSP(=S)(CC=C)CC=C. The van der Waals surface area contributed by atoms with Crippen molar-refractivity contribution in [3.05, 3.63) is 50.6 Å². The monoisotopic (exact) mass is 354 g/mol. The summed E-state index contributed by atoms with van der Waals surface area (Å²) in [6, 6.07) is 0. The Morgan fingerprint density at radius 2 is 0.889 bits per heavy atom. The molecule has 0 bridgehead atoms. The fourth-order valence-corrected chi connectivity index (χ4v) is 22.9. The molecule has 0 fully saturated rings. The highest BCUT2D eigenvalue weighted by atomic mass is 33.5. The number of hydrogen-bond acceptors (Lipinski definition) is 4. The summed E-state index contributed by atoms with van der Waals surface area (Å²) in [5.41, 5.74) is 0. The van der Waals surface area contributed by atoms with Gasteiger partial charge in [0.05, 0.1) is 0 Å². The topological polar surface area (TPSA) is 0 Å². The fraction of sp³-hybridized carbons (Fsp3) is 0.333. The van der Waals surface area contributed by atoms with Crippen LogP contribution in [0.1, 0.15) is 0 Å². The van der Waals surface area contributed by atoms with Crippen molar-refractivity contribution < 1.29 is 0 Å². The van der Waals surface area contributed by atoms with E-state index in [0.29, 0.717) is 0 Å². The summed E-state index contributed by atoms with van der Waals surface area (Å²) in [6.45, 7) is 15.2. The molecule has 0 heterocycles. The van der Waals surface area contributed by atoms with Gasteiger partial charge in [-0.2, -0.15) is 0 Å². The molecule has 0 aromatic rings. The molecular weight excluding hydrogens is 334 g/mol. The van der Waals surface area contributed by atoms with Gasteiger partial charge in [0.25, 0.3) is 0 Å². The first-order valence-corrected chi connectivity index (χ1v) is 15.1. The van der Waals surface area contributed by atoms with Crippen molar-refractivity contribution in [2.24, 2.45) is 0 Å². The molecule has 0 nitrogen and oxygen atoms in total. The van der Waals surface area contributed by atoms with Gasteiger partial charge >= 0.3 is 0 Å². The lowest BCUT2D eigenvalue weighted by Gasteiger charge is -2.23. The molecular formula is C12H20P2S4. The molecule has 18 heavy (non-hydrogen) atoms. The lowest BCUT2D eigenvalue weighted by molar-refractivity contribution is 1.70. The average molecular weight is 355 g/mol. The van der Waals surface area contributed by atoms with Crippen LogP contribution in [0.4, 0.5) is 0 Å². The molecule has 0 N–H and O–H groups in total. The van der Waals surface area contributed by atoms with Crippen LogP contribution in [0.3, 0.4) is 0 Å². The molecule has 0 aromatic heterocycles. The Bertz CT molecular complexity index is 335. The van der Waals surface area contributed by atoms with Gasteiger partial charge in [0.15, 0.2) is 0 Å².